The van der Waals surface area contributed by atoms with Crippen LogP contribution in [0.15, 0.2) is 48.8 Å². The van der Waals surface area contributed by atoms with E-state index in [0.717, 1.165) is 24.5 Å². The van der Waals surface area contributed by atoms with Gasteiger partial charge in [-0.15, -0.1) is 24.7 Å². The van der Waals surface area contributed by atoms with Gasteiger partial charge in [-0.3, -0.25) is 0 Å². The molecular weight excluding hydrogens is 268 g/mol. The number of rotatable bonds is 4. The minimum absolute atomic E-state index is 0.691. The fourth-order valence-electron chi connectivity index (χ4n) is 2.07. The van der Waals surface area contributed by atoms with Crippen molar-refractivity contribution in [2.75, 3.05) is 0 Å². The number of aromatic nitrogens is 2. The molecule has 0 saturated heterocycles. The predicted molar refractivity (Wildman–Crippen MR) is 86.2 cm³/mol. The third kappa shape index (κ3) is 4.24. The molecule has 0 bridgehead atoms. The van der Waals surface area contributed by atoms with Crippen molar-refractivity contribution >= 4 is 0 Å². The molecule has 2 heterocycles. The number of pyridine rings is 2. The summed E-state index contributed by atoms with van der Waals surface area (Å²) >= 11 is 0. The first-order valence-corrected chi connectivity index (χ1v) is 7.21. The predicted octanol–water partition coefficient (Wildman–Crippen LogP) is 1.71. The second-order valence-corrected chi connectivity index (χ2v) is 4.72. The number of nitrogens with zero attached hydrogens (tertiary/aromatic N) is 2. The lowest BCUT2D eigenvalue weighted by Gasteiger charge is -1.96. The minimum Gasteiger partial charge on any atom is -0.190 e. The summed E-state index contributed by atoms with van der Waals surface area (Å²) in [5.74, 6) is 11.8. The molecule has 2 nitrogen and oxygen atoms in total. The van der Waals surface area contributed by atoms with Crippen molar-refractivity contribution in [2.45, 2.75) is 25.9 Å². The molecule has 0 spiro atoms. The van der Waals surface area contributed by atoms with Gasteiger partial charge >= 0.3 is 0 Å². The SMILES string of the molecule is C#CCC[n+]1ccccc1C#Cc1cccc[n+]1CCC#C. The summed E-state index contributed by atoms with van der Waals surface area (Å²) in [5.41, 5.74) is 1.90. The number of hydrogen-bond donors (Lipinski definition) is 0. The third-order valence-corrected chi connectivity index (χ3v) is 3.19. The highest BCUT2D eigenvalue weighted by atomic mass is 15.0. The van der Waals surface area contributed by atoms with E-state index in [2.05, 4.69) is 32.8 Å². The van der Waals surface area contributed by atoms with Crippen LogP contribution in [0.1, 0.15) is 24.2 Å². The van der Waals surface area contributed by atoms with Crippen LogP contribution in [0.2, 0.25) is 0 Å². The monoisotopic (exact) mass is 286 g/mol. The lowest BCUT2D eigenvalue weighted by atomic mass is 10.2. The second-order valence-electron chi connectivity index (χ2n) is 4.72. The average molecular weight is 286 g/mol. The summed E-state index contributed by atoms with van der Waals surface area (Å²) in [5, 5.41) is 0. The van der Waals surface area contributed by atoms with Crippen LogP contribution in [-0.2, 0) is 13.1 Å². The quantitative estimate of drug-likeness (QED) is 0.597. The van der Waals surface area contributed by atoms with E-state index in [1.165, 1.54) is 0 Å². The largest absolute Gasteiger partial charge is 0.257 e. The van der Waals surface area contributed by atoms with Crippen LogP contribution in [0.25, 0.3) is 0 Å². The first-order valence-electron chi connectivity index (χ1n) is 7.21. The summed E-state index contributed by atoms with van der Waals surface area (Å²) in [4.78, 5) is 0. The van der Waals surface area contributed by atoms with Gasteiger partial charge in [-0.25, -0.2) is 0 Å². The summed E-state index contributed by atoms with van der Waals surface area (Å²) in [6, 6.07) is 11.9. The van der Waals surface area contributed by atoms with E-state index in [1.807, 2.05) is 48.8 Å². The Balaban J connectivity index is 2.28. The maximum Gasteiger partial charge on any atom is 0.257 e. The molecule has 0 aliphatic carbocycles. The van der Waals surface area contributed by atoms with E-state index < -0.39 is 0 Å². The van der Waals surface area contributed by atoms with Gasteiger partial charge < -0.3 is 0 Å². The zero-order valence-electron chi connectivity index (χ0n) is 12.5. The molecule has 106 valence electrons. The number of terminal acetylenes is 2. The molecule has 0 aromatic carbocycles. The van der Waals surface area contributed by atoms with E-state index in [4.69, 9.17) is 12.8 Å². The number of hydrogen-bond acceptors (Lipinski definition) is 0. The van der Waals surface area contributed by atoms with Gasteiger partial charge in [0.2, 0.25) is 0 Å². The fraction of sp³-hybridized carbons (Fsp3) is 0.200. The summed E-state index contributed by atoms with van der Waals surface area (Å²) in [7, 11) is 0. The van der Waals surface area contributed by atoms with Crippen molar-refractivity contribution in [3.05, 3.63) is 60.2 Å². The molecule has 22 heavy (non-hydrogen) atoms. The molecule has 0 fully saturated rings. The van der Waals surface area contributed by atoms with Gasteiger partial charge in [0.25, 0.3) is 11.4 Å². The molecule has 0 saturated carbocycles. The summed E-state index contributed by atoms with van der Waals surface area (Å²) in [6.45, 7) is 1.54. The first kappa shape index (κ1) is 15.4. The van der Waals surface area contributed by atoms with Crippen molar-refractivity contribution in [3.8, 4) is 36.5 Å². The maximum atomic E-state index is 5.34. The highest BCUT2D eigenvalue weighted by Gasteiger charge is 2.08. The lowest BCUT2D eigenvalue weighted by molar-refractivity contribution is -0.699. The van der Waals surface area contributed by atoms with Crippen LogP contribution in [-0.4, -0.2) is 0 Å². The molecule has 0 amide bonds. The summed E-state index contributed by atoms with van der Waals surface area (Å²) < 4.78 is 4.14. The molecule has 0 radical (unpaired) electrons. The summed E-state index contributed by atoms with van der Waals surface area (Å²) in [6.07, 6.45) is 16.1. The zero-order chi connectivity index (χ0) is 15.6. The smallest absolute Gasteiger partial charge is 0.190 e. The van der Waals surface area contributed by atoms with Crippen molar-refractivity contribution in [1.29, 1.82) is 0 Å². The molecular formula is C20H18N2+2. The van der Waals surface area contributed by atoms with Gasteiger partial charge in [-0.05, 0) is 12.1 Å². The standard InChI is InChI=1S/C20H18N2/c1-3-5-15-21-17-9-7-11-19(21)13-14-20-12-8-10-18-22(20)16-6-4-2/h1-2,7-12,17-18H,5-6,15-16H2/q+2. The highest BCUT2D eigenvalue weighted by molar-refractivity contribution is 5.31. The Kier molecular flexibility index (Phi) is 5.80. The molecule has 0 aliphatic rings. The molecule has 2 heteroatoms. The van der Waals surface area contributed by atoms with Gasteiger partial charge in [-0.1, -0.05) is 0 Å². The van der Waals surface area contributed by atoms with Crippen molar-refractivity contribution in [3.63, 3.8) is 0 Å². The molecule has 0 unspecified atom stereocenters. The van der Waals surface area contributed by atoms with Crippen LogP contribution in [0.4, 0.5) is 0 Å². The van der Waals surface area contributed by atoms with Crippen LogP contribution in [0.5, 0.6) is 0 Å². The van der Waals surface area contributed by atoms with E-state index in [1.54, 1.807) is 0 Å². The normalized spacial score (nSPS) is 9.18. The van der Waals surface area contributed by atoms with Crippen LogP contribution in [0.3, 0.4) is 0 Å². The topological polar surface area (TPSA) is 7.76 Å². The van der Waals surface area contributed by atoms with Crippen LogP contribution < -0.4 is 9.13 Å². The first-order chi connectivity index (χ1) is 10.8. The Morgan fingerprint density at radius 1 is 0.727 bits per heavy atom. The minimum atomic E-state index is 0.691. The maximum absolute atomic E-state index is 5.34. The Labute approximate surface area is 132 Å². The third-order valence-electron chi connectivity index (χ3n) is 3.19. The van der Waals surface area contributed by atoms with E-state index >= 15 is 0 Å². The molecule has 0 N–H and O–H groups in total. The van der Waals surface area contributed by atoms with Crippen molar-refractivity contribution in [2.24, 2.45) is 0 Å². The van der Waals surface area contributed by atoms with Gasteiger partial charge in [0.05, 0.1) is 12.8 Å². The molecule has 2 rings (SSSR count). The van der Waals surface area contributed by atoms with Gasteiger partial charge in [0.1, 0.15) is 0 Å². The van der Waals surface area contributed by atoms with Crippen molar-refractivity contribution < 1.29 is 9.13 Å². The van der Waals surface area contributed by atoms with Gasteiger partial charge in [0, 0.05) is 36.1 Å². The zero-order valence-corrected chi connectivity index (χ0v) is 12.5. The molecule has 0 atom stereocenters. The molecule has 2 aromatic rings. The van der Waals surface area contributed by atoms with E-state index in [9.17, 15) is 0 Å². The van der Waals surface area contributed by atoms with Gasteiger partial charge in [0.15, 0.2) is 25.5 Å². The van der Waals surface area contributed by atoms with Gasteiger partial charge in [-0.2, -0.15) is 9.13 Å². The van der Waals surface area contributed by atoms with Crippen LogP contribution in [0, 0.1) is 36.5 Å². The highest BCUT2D eigenvalue weighted by Crippen LogP contribution is 1.94. The number of aryl methyl sites for hydroxylation is 2. The Bertz CT molecular complexity index is 714. The Morgan fingerprint density at radius 2 is 1.18 bits per heavy atom. The van der Waals surface area contributed by atoms with Crippen LogP contribution >= 0.6 is 0 Å². The average Bonchev–Trinajstić information content (AvgIpc) is 2.57. The van der Waals surface area contributed by atoms with Crippen molar-refractivity contribution in [1.82, 2.24) is 0 Å². The molecule has 2 aromatic heterocycles. The lowest BCUT2D eigenvalue weighted by Crippen LogP contribution is -2.37. The Morgan fingerprint density at radius 3 is 1.59 bits per heavy atom. The fourth-order valence-corrected chi connectivity index (χ4v) is 2.07. The molecule has 0 aliphatic heterocycles. The second kappa shape index (κ2) is 8.31. The van der Waals surface area contributed by atoms with E-state index in [-0.39, 0.29) is 0 Å². The Hall–Kier alpha value is -3.02. The van der Waals surface area contributed by atoms with E-state index in [0.29, 0.717) is 12.8 Å².